The van der Waals surface area contributed by atoms with Crippen molar-refractivity contribution < 1.29 is 4.74 Å². The molecule has 0 aliphatic heterocycles. The van der Waals surface area contributed by atoms with Gasteiger partial charge in [-0.05, 0) is 23.6 Å². The minimum Gasteiger partial charge on any atom is -0.493 e. The summed E-state index contributed by atoms with van der Waals surface area (Å²) in [6.07, 6.45) is 0. The van der Waals surface area contributed by atoms with Gasteiger partial charge in [-0.15, -0.1) is 11.3 Å². The predicted molar refractivity (Wildman–Crippen MR) is 82.9 cm³/mol. The summed E-state index contributed by atoms with van der Waals surface area (Å²) in [4.78, 5) is 19.8. The Labute approximate surface area is 123 Å². The Morgan fingerprint density at radius 2 is 2.10 bits per heavy atom. The summed E-state index contributed by atoms with van der Waals surface area (Å²) in [5.74, 6) is 1.58. The highest BCUT2D eigenvalue weighted by Crippen LogP contribution is 2.19. The first-order valence-electron chi connectivity index (χ1n) is 6.11. The summed E-state index contributed by atoms with van der Waals surface area (Å²) in [6, 6.07) is 11.5. The molecule has 0 fully saturated rings. The SMILES string of the molecule is O=c1[nH]c(SCCOc2ccccc2)nc2sccc12. The van der Waals surface area contributed by atoms with Gasteiger partial charge in [-0.25, -0.2) is 4.98 Å². The van der Waals surface area contributed by atoms with Gasteiger partial charge in [0.2, 0.25) is 0 Å². The molecule has 0 bridgehead atoms. The summed E-state index contributed by atoms with van der Waals surface area (Å²) >= 11 is 2.96. The third kappa shape index (κ3) is 3.02. The number of aromatic nitrogens is 2. The van der Waals surface area contributed by atoms with Crippen LogP contribution in [0.5, 0.6) is 5.75 Å². The van der Waals surface area contributed by atoms with Crippen molar-refractivity contribution in [2.45, 2.75) is 5.16 Å². The number of fused-ring (bicyclic) bond motifs is 1. The van der Waals surface area contributed by atoms with Crippen molar-refractivity contribution in [3.63, 3.8) is 0 Å². The molecule has 3 aromatic rings. The highest BCUT2D eigenvalue weighted by molar-refractivity contribution is 7.99. The lowest BCUT2D eigenvalue weighted by Gasteiger charge is -2.05. The minimum absolute atomic E-state index is 0.0808. The van der Waals surface area contributed by atoms with E-state index >= 15 is 0 Å². The molecular weight excluding hydrogens is 292 g/mol. The fourth-order valence-electron chi connectivity index (χ4n) is 1.73. The van der Waals surface area contributed by atoms with Gasteiger partial charge in [0, 0.05) is 5.75 Å². The van der Waals surface area contributed by atoms with E-state index in [9.17, 15) is 4.79 Å². The number of H-pyrrole nitrogens is 1. The lowest BCUT2D eigenvalue weighted by atomic mass is 10.3. The lowest BCUT2D eigenvalue weighted by Crippen LogP contribution is -2.08. The van der Waals surface area contributed by atoms with Crippen LogP contribution in [0.25, 0.3) is 10.2 Å². The summed E-state index contributed by atoms with van der Waals surface area (Å²) in [7, 11) is 0. The number of aromatic amines is 1. The number of rotatable bonds is 5. The molecule has 6 heteroatoms. The van der Waals surface area contributed by atoms with Crippen molar-refractivity contribution in [1.29, 1.82) is 0 Å². The second-order valence-corrected chi connectivity index (χ2v) is 6.00. The Hall–Kier alpha value is -1.79. The van der Waals surface area contributed by atoms with Gasteiger partial charge in [-0.3, -0.25) is 4.79 Å². The molecule has 0 saturated carbocycles. The van der Waals surface area contributed by atoms with E-state index in [2.05, 4.69) is 9.97 Å². The highest BCUT2D eigenvalue weighted by atomic mass is 32.2. The number of thiophene rings is 1. The fourth-order valence-corrected chi connectivity index (χ4v) is 3.23. The van der Waals surface area contributed by atoms with Crippen molar-refractivity contribution in [1.82, 2.24) is 9.97 Å². The van der Waals surface area contributed by atoms with Gasteiger partial charge >= 0.3 is 0 Å². The van der Waals surface area contributed by atoms with Crippen molar-refractivity contribution >= 4 is 33.3 Å². The normalized spacial score (nSPS) is 10.8. The molecule has 0 amide bonds. The smallest absolute Gasteiger partial charge is 0.260 e. The number of thioether (sulfide) groups is 1. The van der Waals surface area contributed by atoms with Gasteiger partial charge in [0.05, 0.1) is 12.0 Å². The van der Waals surface area contributed by atoms with Crippen molar-refractivity contribution in [3.05, 3.63) is 52.1 Å². The Balaban J connectivity index is 1.58. The summed E-state index contributed by atoms with van der Waals surface area (Å²) < 4.78 is 5.59. The van der Waals surface area contributed by atoms with Gasteiger partial charge in [0.1, 0.15) is 10.6 Å². The number of hydrogen-bond acceptors (Lipinski definition) is 5. The minimum atomic E-state index is -0.0808. The molecule has 4 nitrogen and oxygen atoms in total. The zero-order valence-corrected chi connectivity index (χ0v) is 12.2. The number of para-hydroxylation sites is 1. The zero-order valence-electron chi connectivity index (χ0n) is 10.5. The van der Waals surface area contributed by atoms with Gasteiger partial charge in [0.15, 0.2) is 5.16 Å². The van der Waals surface area contributed by atoms with E-state index in [0.717, 1.165) is 16.3 Å². The number of nitrogens with zero attached hydrogens (tertiary/aromatic N) is 1. The topological polar surface area (TPSA) is 55.0 Å². The van der Waals surface area contributed by atoms with Crippen LogP contribution in [0.3, 0.4) is 0 Å². The molecule has 2 heterocycles. The third-order valence-electron chi connectivity index (χ3n) is 2.65. The van der Waals surface area contributed by atoms with Crippen LogP contribution < -0.4 is 10.3 Å². The van der Waals surface area contributed by atoms with Crippen LogP contribution in [-0.4, -0.2) is 22.3 Å². The number of benzene rings is 1. The number of hydrogen-bond donors (Lipinski definition) is 1. The van der Waals surface area contributed by atoms with Gasteiger partial charge in [-0.1, -0.05) is 30.0 Å². The molecule has 0 radical (unpaired) electrons. The second-order valence-electron chi connectivity index (χ2n) is 4.02. The molecule has 0 atom stereocenters. The molecule has 20 heavy (non-hydrogen) atoms. The molecule has 0 saturated heterocycles. The van der Waals surface area contributed by atoms with E-state index in [1.54, 1.807) is 6.07 Å². The average molecular weight is 304 g/mol. The maximum atomic E-state index is 11.8. The van der Waals surface area contributed by atoms with Gasteiger partial charge < -0.3 is 9.72 Å². The Morgan fingerprint density at radius 3 is 2.95 bits per heavy atom. The van der Waals surface area contributed by atoms with Crippen LogP contribution in [0.4, 0.5) is 0 Å². The van der Waals surface area contributed by atoms with Crippen molar-refractivity contribution in [3.8, 4) is 5.75 Å². The summed E-state index contributed by atoms with van der Waals surface area (Å²) in [5.41, 5.74) is -0.0808. The Kier molecular flexibility index (Phi) is 4.03. The van der Waals surface area contributed by atoms with Crippen LogP contribution in [0.15, 0.2) is 51.7 Å². The van der Waals surface area contributed by atoms with E-state index in [0.29, 0.717) is 17.1 Å². The van der Waals surface area contributed by atoms with E-state index in [-0.39, 0.29) is 5.56 Å². The third-order valence-corrected chi connectivity index (χ3v) is 4.29. The molecule has 0 unspecified atom stereocenters. The first kappa shape index (κ1) is 13.2. The largest absolute Gasteiger partial charge is 0.493 e. The molecular formula is C14H12N2O2S2. The maximum Gasteiger partial charge on any atom is 0.260 e. The molecule has 0 spiro atoms. The molecule has 0 aliphatic carbocycles. The van der Waals surface area contributed by atoms with Crippen LogP contribution in [0.2, 0.25) is 0 Å². The maximum absolute atomic E-state index is 11.8. The monoisotopic (exact) mass is 304 g/mol. The standard InChI is InChI=1S/C14H12N2O2S2/c17-12-11-6-8-19-13(11)16-14(15-12)20-9-7-18-10-4-2-1-3-5-10/h1-6,8H,7,9H2,(H,15,16,17). The van der Waals surface area contributed by atoms with E-state index < -0.39 is 0 Å². The average Bonchev–Trinajstić information content (AvgIpc) is 2.94. The summed E-state index contributed by atoms with van der Waals surface area (Å²) in [5, 5.41) is 3.17. The van der Waals surface area contributed by atoms with E-state index in [1.807, 2.05) is 35.7 Å². The lowest BCUT2D eigenvalue weighted by molar-refractivity contribution is 0.344. The van der Waals surface area contributed by atoms with Crippen molar-refractivity contribution in [2.75, 3.05) is 12.4 Å². The quantitative estimate of drug-likeness (QED) is 0.447. The fraction of sp³-hybridized carbons (Fsp3) is 0.143. The molecule has 2 aromatic heterocycles. The molecule has 102 valence electrons. The van der Waals surface area contributed by atoms with E-state index in [4.69, 9.17) is 4.74 Å². The Bertz CT molecular complexity index is 752. The predicted octanol–water partition coefficient (Wildman–Crippen LogP) is 3.16. The Morgan fingerprint density at radius 1 is 1.25 bits per heavy atom. The molecule has 0 aliphatic rings. The zero-order chi connectivity index (χ0) is 13.8. The molecule has 1 N–H and O–H groups in total. The first-order chi connectivity index (χ1) is 9.83. The number of nitrogens with one attached hydrogen (secondary N) is 1. The summed E-state index contributed by atoms with van der Waals surface area (Å²) in [6.45, 7) is 0.570. The van der Waals surface area contributed by atoms with Crippen LogP contribution in [0, 0.1) is 0 Å². The van der Waals surface area contributed by atoms with E-state index in [1.165, 1.54) is 23.1 Å². The van der Waals surface area contributed by atoms with Gasteiger partial charge in [0.25, 0.3) is 5.56 Å². The van der Waals surface area contributed by atoms with Crippen molar-refractivity contribution in [2.24, 2.45) is 0 Å². The second kappa shape index (κ2) is 6.11. The van der Waals surface area contributed by atoms with Crippen LogP contribution >= 0.6 is 23.1 Å². The van der Waals surface area contributed by atoms with Crippen LogP contribution in [0.1, 0.15) is 0 Å². The van der Waals surface area contributed by atoms with Crippen LogP contribution in [-0.2, 0) is 0 Å². The molecule has 3 rings (SSSR count). The highest BCUT2D eigenvalue weighted by Gasteiger charge is 2.05. The first-order valence-corrected chi connectivity index (χ1v) is 7.97. The van der Waals surface area contributed by atoms with Gasteiger partial charge in [-0.2, -0.15) is 0 Å². The number of ether oxygens (including phenoxy) is 1. The molecule has 1 aromatic carbocycles.